The highest BCUT2D eigenvalue weighted by molar-refractivity contribution is 7.99. The van der Waals surface area contributed by atoms with Gasteiger partial charge in [-0.05, 0) is 6.42 Å². The molecule has 96 valence electrons. The molecule has 0 aromatic carbocycles. The topological polar surface area (TPSA) is 69.6 Å². The summed E-state index contributed by atoms with van der Waals surface area (Å²) in [7, 11) is 1.91. The summed E-state index contributed by atoms with van der Waals surface area (Å²) < 4.78 is 1.79. The first-order chi connectivity index (χ1) is 8.70. The van der Waals surface area contributed by atoms with E-state index in [1.165, 1.54) is 0 Å². The maximum atomic E-state index is 6.20. The number of nitrogens with zero attached hydrogens (tertiary/aromatic N) is 4. The van der Waals surface area contributed by atoms with E-state index in [-0.39, 0.29) is 11.3 Å². The van der Waals surface area contributed by atoms with Gasteiger partial charge in [0.05, 0.1) is 17.6 Å². The molecule has 0 aliphatic carbocycles. The molecule has 0 saturated carbocycles. The van der Waals surface area contributed by atoms with E-state index in [1.54, 1.807) is 35.0 Å². The minimum absolute atomic E-state index is 0.0706. The molecule has 18 heavy (non-hydrogen) atoms. The molecule has 0 fully saturated rings. The third-order valence-electron chi connectivity index (χ3n) is 2.70. The van der Waals surface area contributed by atoms with Gasteiger partial charge in [-0.2, -0.15) is 5.10 Å². The number of hydrogen-bond donors (Lipinski definition) is 1. The summed E-state index contributed by atoms with van der Waals surface area (Å²) in [6.07, 6.45) is 9.90. The molecule has 0 radical (unpaired) electrons. The van der Waals surface area contributed by atoms with E-state index >= 15 is 0 Å². The Morgan fingerprint density at radius 1 is 1.39 bits per heavy atom. The zero-order valence-corrected chi connectivity index (χ0v) is 11.3. The van der Waals surface area contributed by atoms with Crippen LogP contribution in [0.15, 0.2) is 36.0 Å². The second kappa shape index (κ2) is 5.97. The lowest BCUT2D eigenvalue weighted by Crippen LogP contribution is -2.25. The Morgan fingerprint density at radius 2 is 2.22 bits per heavy atom. The van der Waals surface area contributed by atoms with Crippen LogP contribution in [0.2, 0.25) is 0 Å². The lowest BCUT2D eigenvalue weighted by Gasteiger charge is -2.20. The van der Waals surface area contributed by atoms with E-state index < -0.39 is 0 Å². The Hall–Kier alpha value is -1.40. The van der Waals surface area contributed by atoms with Crippen molar-refractivity contribution in [2.75, 3.05) is 0 Å². The number of thioether (sulfide) groups is 1. The average molecular weight is 263 g/mol. The molecule has 2 aromatic heterocycles. The molecule has 0 spiro atoms. The van der Waals surface area contributed by atoms with Crippen molar-refractivity contribution in [3.8, 4) is 0 Å². The molecule has 2 unspecified atom stereocenters. The van der Waals surface area contributed by atoms with E-state index in [0.717, 1.165) is 17.0 Å². The monoisotopic (exact) mass is 263 g/mol. The van der Waals surface area contributed by atoms with Gasteiger partial charge in [0.15, 0.2) is 0 Å². The molecule has 6 heteroatoms. The Bertz CT molecular complexity index is 484. The first-order valence-electron chi connectivity index (χ1n) is 5.87. The van der Waals surface area contributed by atoms with Crippen LogP contribution in [0.5, 0.6) is 0 Å². The molecule has 0 aliphatic heterocycles. The van der Waals surface area contributed by atoms with Crippen molar-refractivity contribution in [1.82, 2.24) is 19.7 Å². The van der Waals surface area contributed by atoms with Gasteiger partial charge in [0.2, 0.25) is 0 Å². The van der Waals surface area contributed by atoms with Crippen molar-refractivity contribution < 1.29 is 0 Å². The van der Waals surface area contributed by atoms with Crippen LogP contribution in [-0.2, 0) is 7.05 Å². The Labute approximate surface area is 111 Å². The lowest BCUT2D eigenvalue weighted by molar-refractivity contribution is 0.633. The van der Waals surface area contributed by atoms with Crippen molar-refractivity contribution in [2.45, 2.75) is 29.7 Å². The highest BCUT2D eigenvalue weighted by Gasteiger charge is 2.21. The zero-order valence-electron chi connectivity index (χ0n) is 10.5. The molecule has 0 saturated heterocycles. The van der Waals surface area contributed by atoms with Crippen molar-refractivity contribution >= 4 is 11.8 Å². The van der Waals surface area contributed by atoms with Gasteiger partial charge in [-0.25, -0.2) is 4.98 Å². The van der Waals surface area contributed by atoms with Crippen LogP contribution in [0.25, 0.3) is 0 Å². The van der Waals surface area contributed by atoms with Crippen LogP contribution < -0.4 is 5.73 Å². The van der Waals surface area contributed by atoms with Crippen LogP contribution in [0.4, 0.5) is 0 Å². The standard InChI is InChI=1S/C12H17N5S/c1-3-10(13)12(9-6-16-17(2)8-9)18-11-7-14-4-5-15-11/h4-8,10,12H,3,13H2,1-2H3. The first-order valence-corrected chi connectivity index (χ1v) is 6.75. The molecular weight excluding hydrogens is 246 g/mol. The molecule has 5 nitrogen and oxygen atoms in total. The maximum Gasteiger partial charge on any atom is 0.115 e. The Balaban J connectivity index is 2.21. The van der Waals surface area contributed by atoms with Crippen LogP contribution in [0.3, 0.4) is 0 Å². The summed E-state index contributed by atoms with van der Waals surface area (Å²) in [5.74, 6) is 0. The van der Waals surface area contributed by atoms with Crippen LogP contribution in [-0.4, -0.2) is 25.8 Å². The van der Waals surface area contributed by atoms with Crippen LogP contribution in [0, 0.1) is 0 Å². The minimum Gasteiger partial charge on any atom is -0.326 e. The second-order valence-electron chi connectivity index (χ2n) is 4.10. The summed E-state index contributed by atoms with van der Waals surface area (Å²) in [5.41, 5.74) is 7.33. The highest BCUT2D eigenvalue weighted by atomic mass is 32.2. The molecule has 2 heterocycles. The lowest BCUT2D eigenvalue weighted by atomic mass is 10.1. The number of aryl methyl sites for hydroxylation is 1. The third kappa shape index (κ3) is 3.08. The summed E-state index contributed by atoms with van der Waals surface area (Å²) in [5, 5.41) is 5.25. The first kappa shape index (κ1) is 13.0. The summed E-state index contributed by atoms with van der Waals surface area (Å²) in [6.45, 7) is 2.09. The minimum atomic E-state index is 0.0706. The van der Waals surface area contributed by atoms with Gasteiger partial charge >= 0.3 is 0 Å². The molecule has 2 rings (SSSR count). The Kier molecular flexibility index (Phi) is 4.33. The maximum absolute atomic E-state index is 6.20. The SMILES string of the molecule is CCC(N)C(Sc1cnccn1)c1cnn(C)c1. The largest absolute Gasteiger partial charge is 0.326 e. The van der Waals surface area contributed by atoms with Crippen LogP contribution >= 0.6 is 11.8 Å². The predicted molar refractivity (Wildman–Crippen MR) is 72.1 cm³/mol. The van der Waals surface area contributed by atoms with Gasteiger partial charge in [-0.15, -0.1) is 0 Å². The average Bonchev–Trinajstić information content (AvgIpc) is 2.83. The van der Waals surface area contributed by atoms with Crippen molar-refractivity contribution in [3.05, 3.63) is 36.5 Å². The number of nitrogens with two attached hydrogens (primary N) is 1. The molecule has 2 atom stereocenters. The molecule has 0 bridgehead atoms. The van der Waals surface area contributed by atoms with Gasteiger partial charge in [0, 0.05) is 37.2 Å². The molecule has 2 N–H and O–H groups in total. The number of aromatic nitrogens is 4. The van der Waals surface area contributed by atoms with E-state index in [2.05, 4.69) is 22.0 Å². The molecule has 0 aliphatic rings. The molecule has 0 amide bonds. The van der Waals surface area contributed by atoms with E-state index in [4.69, 9.17) is 5.73 Å². The fourth-order valence-corrected chi connectivity index (χ4v) is 2.81. The number of hydrogen-bond acceptors (Lipinski definition) is 5. The van der Waals surface area contributed by atoms with Crippen molar-refractivity contribution in [2.24, 2.45) is 12.8 Å². The quantitative estimate of drug-likeness (QED) is 0.833. The Morgan fingerprint density at radius 3 is 2.78 bits per heavy atom. The van der Waals surface area contributed by atoms with Crippen molar-refractivity contribution in [3.63, 3.8) is 0 Å². The molecule has 2 aromatic rings. The van der Waals surface area contributed by atoms with E-state index in [1.807, 2.05) is 19.4 Å². The second-order valence-corrected chi connectivity index (χ2v) is 5.26. The highest BCUT2D eigenvalue weighted by Crippen LogP contribution is 2.36. The van der Waals surface area contributed by atoms with E-state index in [0.29, 0.717) is 0 Å². The summed E-state index contributed by atoms with van der Waals surface area (Å²) >= 11 is 1.64. The zero-order chi connectivity index (χ0) is 13.0. The normalized spacial score (nSPS) is 14.4. The fourth-order valence-electron chi connectivity index (χ4n) is 1.68. The van der Waals surface area contributed by atoms with Gasteiger partial charge in [0.1, 0.15) is 5.03 Å². The van der Waals surface area contributed by atoms with Gasteiger partial charge in [-0.3, -0.25) is 9.67 Å². The third-order valence-corrected chi connectivity index (χ3v) is 4.03. The van der Waals surface area contributed by atoms with Crippen molar-refractivity contribution in [1.29, 1.82) is 0 Å². The summed E-state index contributed by atoms with van der Waals surface area (Å²) in [4.78, 5) is 8.36. The van der Waals surface area contributed by atoms with Gasteiger partial charge in [-0.1, -0.05) is 18.7 Å². The molecular formula is C12H17N5S. The van der Waals surface area contributed by atoms with Crippen LogP contribution in [0.1, 0.15) is 24.2 Å². The smallest absolute Gasteiger partial charge is 0.115 e. The number of rotatable bonds is 5. The predicted octanol–water partition coefficient (Wildman–Crippen LogP) is 1.78. The van der Waals surface area contributed by atoms with Gasteiger partial charge in [0.25, 0.3) is 0 Å². The van der Waals surface area contributed by atoms with Gasteiger partial charge < -0.3 is 5.73 Å². The summed E-state index contributed by atoms with van der Waals surface area (Å²) in [6, 6.07) is 0.0706. The fraction of sp³-hybridized carbons (Fsp3) is 0.417. The van der Waals surface area contributed by atoms with E-state index in [9.17, 15) is 0 Å².